The van der Waals surface area contributed by atoms with Gasteiger partial charge in [-0.25, -0.2) is 0 Å². The first-order valence-corrected chi connectivity index (χ1v) is 7.06. The topological polar surface area (TPSA) is 78.6 Å². The molecule has 2 amide bonds. The molecule has 7 heteroatoms. The molecule has 0 rings (SSSR count). The lowest BCUT2D eigenvalue weighted by Gasteiger charge is -2.17. The first-order valence-electron chi connectivity index (χ1n) is 5.84. The summed E-state index contributed by atoms with van der Waals surface area (Å²) in [6, 6.07) is 0. The van der Waals surface area contributed by atoms with E-state index in [2.05, 4.69) is 10.3 Å². The van der Waals surface area contributed by atoms with Gasteiger partial charge >= 0.3 is 17.4 Å². The minimum absolute atomic E-state index is 0.253. The highest BCUT2D eigenvalue weighted by atomic mass is 32.2. The molecule has 0 aromatic carbocycles. The van der Waals surface area contributed by atoms with Crippen molar-refractivity contribution in [3.63, 3.8) is 0 Å². The SMILES string of the molecule is CSC(NC(=O)OC(C)(C)C)=[NH+]C(=O)OC(C)(C)C. The molecular formula is C12H23N2O4S+. The molecule has 110 valence electrons. The number of hydrogen-bond acceptors (Lipinski definition) is 5. The standard InChI is InChI=1S/C12H22N2O4S/c1-11(2,3)17-9(15)13-8(19-7)14-10(16)18-12(4,5)6/h1-7H3,(H,13,14,15,16)/p+1. The Balaban J connectivity index is 4.58. The molecule has 0 bridgehead atoms. The third-order valence-electron chi connectivity index (χ3n) is 1.43. The normalized spacial score (nSPS) is 12.9. The van der Waals surface area contributed by atoms with Gasteiger partial charge in [0.25, 0.3) is 0 Å². The summed E-state index contributed by atoms with van der Waals surface area (Å²) in [5.41, 5.74) is -1.20. The van der Waals surface area contributed by atoms with Gasteiger partial charge in [-0.05, 0) is 59.6 Å². The molecule has 2 N–H and O–H groups in total. The molecule has 6 nitrogen and oxygen atoms in total. The summed E-state index contributed by atoms with van der Waals surface area (Å²) < 4.78 is 10.2. The maximum absolute atomic E-state index is 11.5. The van der Waals surface area contributed by atoms with Crippen LogP contribution in [0.15, 0.2) is 0 Å². The molecule has 0 aliphatic carbocycles. The Hall–Kier alpha value is -1.24. The molecule has 0 atom stereocenters. The lowest BCUT2D eigenvalue weighted by atomic mass is 10.2. The predicted molar refractivity (Wildman–Crippen MR) is 75.1 cm³/mol. The second kappa shape index (κ2) is 6.79. The van der Waals surface area contributed by atoms with E-state index >= 15 is 0 Å². The number of nitrogens with one attached hydrogen (secondary N) is 2. The van der Waals surface area contributed by atoms with Crippen molar-refractivity contribution in [1.29, 1.82) is 0 Å². The van der Waals surface area contributed by atoms with Crippen molar-refractivity contribution in [3.05, 3.63) is 0 Å². The van der Waals surface area contributed by atoms with E-state index < -0.39 is 23.4 Å². The number of hydrogen-bond donors (Lipinski definition) is 2. The maximum Gasteiger partial charge on any atom is 0.505 e. The minimum atomic E-state index is -0.632. The van der Waals surface area contributed by atoms with E-state index in [9.17, 15) is 9.59 Å². The van der Waals surface area contributed by atoms with Crippen LogP contribution in [0.3, 0.4) is 0 Å². The summed E-state index contributed by atoms with van der Waals surface area (Å²) in [5.74, 6) is 0. The molecule has 0 unspecified atom stereocenters. The van der Waals surface area contributed by atoms with Crippen molar-refractivity contribution in [2.24, 2.45) is 0 Å². The maximum atomic E-state index is 11.5. The summed E-state index contributed by atoms with van der Waals surface area (Å²) in [6.45, 7) is 10.5. The highest BCUT2D eigenvalue weighted by Gasteiger charge is 2.24. The number of thioether (sulfide) groups is 1. The fourth-order valence-electron chi connectivity index (χ4n) is 0.926. The predicted octanol–water partition coefficient (Wildman–Crippen LogP) is 1.25. The molecular weight excluding hydrogens is 268 g/mol. The number of ether oxygens (including phenoxy) is 2. The smallest absolute Gasteiger partial charge is 0.426 e. The number of carbonyl (C=O) groups is 2. The molecule has 0 aromatic heterocycles. The highest BCUT2D eigenvalue weighted by molar-refractivity contribution is 8.13. The van der Waals surface area contributed by atoms with Crippen LogP contribution in [-0.2, 0) is 9.47 Å². The zero-order chi connectivity index (χ0) is 15.3. The van der Waals surface area contributed by atoms with Gasteiger partial charge in [0.2, 0.25) is 0 Å². The van der Waals surface area contributed by atoms with Crippen LogP contribution in [0.4, 0.5) is 9.59 Å². The third-order valence-corrected chi connectivity index (χ3v) is 2.05. The van der Waals surface area contributed by atoms with Crippen LogP contribution in [0.1, 0.15) is 41.5 Å². The molecule has 0 heterocycles. The first-order chi connectivity index (χ1) is 8.43. The zero-order valence-corrected chi connectivity index (χ0v) is 13.4. The fraction of sp³-hybridized carbons (Fsp3) is 0.750. The van der Waals surface area contributed by atoms with Gasteiger partial charge in [0.15, 0.2) is 0 Å². The second-order valence-electron chi connectivity index (χ2n) is 5.79. The summed E-state index contributed by atoms with van der Waals surface area (Å²) in [6.07, 6.45) is 0.449. The van der Waals surface area contributed by atoms with E-state index in [1.54, 1.807) is 47.8 Å². The average molecular weight is 291 g/mol. The molecule has 0 saturated heterocycles. The second-order valence-corrected chi connectivity index (χ2v) is 6.60. The van der Waals surface area contributed by atoms with Crippen LogP contribution in [0.2, 0.25) is 0 Å². The van der Waals surface area contributed by atoms with E-state index in [-0.39, 0.29) is 5.17 Å². The Bertz CT molecular complexity index is 367. The third kappa shape index (κ3) is 10.4. The van der Waals surface area contributed by atoms with Gasteiger partial charge < -0.3 is 9.47 Å². The molecule has 0 aromatic rings. The molecule has 0 spiro atoms. The van der Waals surface area contributed by atoms with Crippen LogP contribution < -0.4 is 10.3 Å². The largest absolute Gasteiger partial charge is 0.505 e. The molecule has 0 saturated carbocycles. The summed E-state index contributed by atoms with van der Waals surface area (Å²) in [7, 11) is 0. The van der Waals surface area contributed by atoms with Crippen molar-refractivity contribution in [3.8, 4) is 0 Å². The van der Waals surface area contributed by atoms with Crippen molar-refractivity contribution < 1.29 is 24.1 Å². The summed E-state index contributed by atoms with van der Waals surface area (Å²) in [5, 5.41) is 2.70. The average Bonchev–Trinajstić information content (AvgIpc) is 2.10. The van der Waals surface area contributed by atoms with Gasteiger partial charge in [-0.3, -0.25) is 0 Å². The zero-order valence-electron chi connectivity index (χ0n) is 12.5. The quantitative estimate of drug-likeness (QED) is 0.519. The van der Waals surface area contributed by atoms with Crippen molar-refractivity contribution >= 4 is 29.1 Å². The Kier molecular flexibility index (Phi) is 6.35. The fourth-order valence-corrected chi connectivity index (χ4v) is 1.30. The van der Waals surface area contributed by atoms with Crippen LogP contribution in [0, 0.1) is 0 Å². The van der Waals surface area contributed by atoms with E-state index in [4.69, 9.17) is 9.47 Å². The van der Waals surface area contributed by atoms with E-state index in [1.807, 2.05) is 0 Å². The molecule has 19 heavy (non-hydrogen) atoms. The van der Waals surface area contributed by atoms with Crippen LogP contribution in [-0.4, -0.2) is 34.8 Å². The first kappa shape index (κ1) is 17.8. The highest BCUT2D eigenvalue weighted by Crippen LogP contribution is 2.07. The lowest BCUT2D eigenvalue weighted by Crippen LogP contribution is -2.80. The lowest BCUT2D eigenvalue weighted by molar-refractivity contribution is -0.373. The molecule has 0 aliphatic rings. The Morgan fingerprint density at radius 2 is 1.47 bits per heavy atom. The summed E-state index contributed by atoms with van der Waals surface area (Å²) >= 11 is 1.17. The van der Waals surface area contributed by atoms with E-state index in [1.165, 1.54) is 11.8 Å². The van der Waals surface area contributed by atoms with Gasteiger partial charge in [-0.2, -0.15) is 19.9 Å². The van der Waals surface area contributed by atoms with Gasteiger partial charge in [-0.15, -0.1) is 0 Å². The van der Waals surface area contributed by atoms with Crippen molar-refractivity contribution in [1.82, 2.24) is 5.32 Å². The Labute approximate surface area is 118 Å². The van der Waals surface area contributed by atoms with Crippen LogP contribution in [0.25, 0.3) is 0 Å². The van der Waals surface area contributed by atoms with Crippen LogP contribution in [0.5, 0.6) is 0 Å². The number of rotatable bonds is 0. The molecule has 0 fully saturated rings. The minimum Gasteiger partial charge on any atom is -0.426 e. The summed E-state index contributed by atoms with van der Waals surface area (Å²) in [4.78, 5) is 25.5. The number of carbonyl (C=O) groups excluding carboxylic acids is 2. The van der Waals surface area contributed by atoms with Gasteiger partial charge in [0.05, 0.1) is 0 Å². The van der Waals surface area contributed by atoms with E-state index in [0.29, 0.717) is 0 Å². The number of amides is 2. The van der Waals surface area contributed by atoms with Crippen LogP contribution >= 0.6 is 11.8 Å². The van der Waals surface area contributed by atoms with Crippen molar-refractivity contribution in [2.75, 3.05) is 6.26 Å². The van der Waals surface area contributed by atoms with Gasteiger partial charge in [-0.1, -0.05) is 0 Å². The monoisotopic (exact) mass is 291 g/mol. The van der Waals surface area contributed by atoms with E-state index in [0.717, 1.165) is 0 Å². The number of alkyl carbamates (subject to hydrolysis) is 1. The number of amidine groups is 1. The van der Waals surface area contributed by atoms with Gasteiger partial charge in [0.1, 0.15) is 11.2 Å². The Morgan fingerprint density at radius 3 is 1.84 bits per heavy atom. The molecule has 0 radical (unpaired) electrons. The van der Waals surface area contributed by atoms with Gasteiger partial charge in [0, 0.05) is 0 Å². The Morgan fingerprint density at radius 1 is 1.00 bits per heavy atom. The van der Waals surface area contributed by atoms with Crippen molar-refractivity contribution in [2.45, 2.75) is 52.7 Å². The molecule has 0 aliphatic heterocycles.